The van der Waals surface area contributed by atoms with Crippen LogP contribution in [0.5, 0.6) is 0 Å². The largest absolute Gasteiger partial charge is 0.478 e. The van der Waals surface area contributed by atoms with E-state index in [4.69, 9.17) is 5.11 Å². The summed E-state index contributed by atoms with van der Waals surface area (Å²) in [4.78, 5) is 11.3. The fourth-order valence-corrected chi connectivity index (χ4v) is 2.18. The SMILES string of the molecule is O=C(O)c1ccc2c(c1)CC=NS2=O. The van der Waals surface area contributed by atoms with E-state index in [-0.39, 0.29) is 5.56 Å². The Balaban J connectivity index is 2.52. The Morgan fingerprint density at radius 2 is 2.29 bits per heavy atom. The van der Waals surface area contributed by atoms with Gasteiger partial charge in [0.1, 0.15) is 0 Å². The molecule has 1 aromatic rings. The van der Waals surface area contributed by atoms with Crippen molar-refractivity contribution in [2.75, 3.05) is 0 Å². The highest BCUT2D eigenvalue weighted by Gasteiger charge is 2.14. The van der Waals surface area contributed by atoms with Crippen molar-refractivity contribution in [3.05, 3.63) is 29.3 Å². The van der Waals surface area contributed by atoms with E-state index in [1.165, 1.54) is 6.07 Å². The Kier molecular flexibility index (Phi) is 2.17. The molecule has 0 spiro atoms. The number of carboxylic acids is 1. The lowest BCUT2D eigenvalue weighted by Gasteiger charge is -2.09. The minimum atomic E-state index is -1.36. The fourth-order valence-electron chi connectivity index (χ4n) is 1.30. The molecule has 1 atom stereocenters. The van der Waals surface area contributed by atoms with Crippen LogP contribution in [-0.2, 0) is 17.4 Å². The summed E-state index contributed by atoms with van der Waals surface area (Å²) in [6.45, 7) is 0. The van der Waals surface area contributed by atoms with E-state index in [2.05, 4.69) is 4.40 Å². The van der Waals surface area contributed by atoms with Gasteiger partial charge in [-0.2, -0.15) is 4.40 Å². The van der Waals surface area contributed by atoms with Gasteiger partial charge in [0.05, 0.1) is 10.5 Å². The molecular weight excluding hydrogens is 202 g/mol. The van der Waals surface area contributed by atoms with Crippen LogP contribution in [0.15, 0.2) is 27.5 Å². The summed E-state index contributed by atoms with van der Waals surface area (Å²) in [7, 11) is -1.36. The maximum Gasteiger partial charge on any atom is 0.335 e. The first-order valence-electron chi connectivity index (χ1n) is 3.99. The van der Waals surface area contributed by atoms with E-state index in [9.17, 15) is 9.00 Å². The van der Waals surface area contributed by atoms with Gasteiger partial charge in [0, 0.05) is 12.6 Å². The van der Waals surface area contributed by atoms with Crippen molar-refractivity contribution in [1.82, 2.24) is 0 Å². The highest BCUT2D eigenvalue weighted by molar-refractivity contribution is 7.84. The molecule has 0 radical (unpaired) electrons. The molecule has 1 aromatic carbocycles. The summed E-state index contributed by atoms with van der Waals surface area (Å²) in [6.07, 6.45) is 2.09. The van der Waals surface area contributed by atoms with E-state index < -0.39 is 17.0 Å². The van der Waals surface area contributed by atoms with Gasteiger partial charge in [0.15, 0.2) is 11.0 Å². The number of benzene rings is 1. The molecule has 14 heavy (non-hydrogen) atoms. The molecule has 1 N–H and O–H groups in total. The zero-order valence-electron chi connectivity index (χ0n) is 7.14. The molecule has 0 aliphatic carbocycles. The summed E-state index contributed by atoms with van der Waals surface area (Å²) in [5.41, 5.74) is 0.995. The minimum absolute atomic E-state index is 0.219. The maximum atomic E-state index is 11.3. The molecule has 1 aliphatic rings. The van der Waals surface area contributed by atoms with Gasteiger partial charge in [-0.15, -0.1) is 0 Å². The second-order valence-corrected chi connectivity index (χ2v) is 4.02. The number of carbonyl (C=O) groups is 1. The summed E-state index contributed by atoms with van der Waals surface area (Å²) >= 11 is 0. The number of fused-ring (bicyclic) bond motifs is 1. The van der Waals surface area contributed by atoms with Crippen LogP contribution in [0.4, 0.5) is 0 Å². The Labute approximate surface area is 82.9 Å². The first-order chi connectivity index (χ1) is 6.68. The molecule has 0 aromatic heterocycles. The Morgan fingerprint density at radius 1 is 1.50 bits per heavy atom. The van der Waals surface area contributed by atoms with Crippen molar-refractivity contribution in [2.24, 2.45) is 4.40 Å². The molecular formula is C9H7NO3S. The van der Waals surface area contributed by atoms with Crippen molar-refractivity contribution >= 4 is 23.2 Å². The molecule has 2 rings (SSSR count). The van der Waals surface area contributed by atoms with Gasteiger partial charge in [-0.1, -0.05) is 0 Å². The molecule has 1 aliphatic heterocycles. The Morgan fingerprint density at radius 3 is 3.00 bits per heavy atom. The van der Waals surface area contributed by atoms with Crippen LogP contribution in [-0.4, -0.2) is 21.5 Å². The molecule has 1 unspecified atom stereocenters. The quantitative estimate of drug-likeness (QED) is 0.751. The molecule has 5 heteroatoms. The third-order valence-electron chi connectivity index (χ3n) is 1.98. The van der Waals surface area contributed by atoms with Gasteiger partial charge in [0.25, 0.3) is 0 Å². The summed E-state index contributed by atoms with van der Waals surface area (Å²) in [6, 6.07) is 4.55. The van der Waals surface area contributed by atoms with Crippen LogP contribution < -0.4 is 0 Å². The average molecular weight is 209 g/mol. The maximum absolute atomic E-state index is 11.3. The van der Waals surface area contributed by atoms with E-state index >= 15 is 0 Å². The van der Waals surface area contributed by atoms with Gasteiger partial charge >= 0.3 is 5.97 Å². The number of rotatable bonds is 1. The van der Waals surface area contributed by atoms with E-state index in [0.29, 0.717) is 11.3 Å². The number of hydrogen-bond acceptors (Lipinski definition) is 2. The van der Waals surface area contributed by atoms with Crippen LogP contribution in [0.2, 0.25) is 0 Å². The van der Waals surface area contributed by atoms with Gasteiger partial charge in [-0.05, 0) is 23.8 Å². The predicted molar refractivity (Wildman–Crippen MR) is 52.0 cm³/mol. The minimum Gasteiger partial charge on any atom is -0.478 e. The fraction of sp³-hybridized carbons (Fsp3) is 0.111. The predicted octanol–water partition coefficient (Wildman–Crippen LogP) is 1.03. The first-order valence-corrected chi connectivity index (χ1v) is 5.10. The first kappa shape index (κ1) is 9.08. The number of aromatic carboxylic acids is 1. The molecule has 0 amide bonds. The van der Waals surface area contributed by atoms with Crippen molar-refractivity contribution in [3.8, 4) is 0 Å². The summed E-state index contributed by atoms with van der Waals surface area (Å²) in [5, 5.41) is 8.74. The summed E-state index contributed by atoms with van der Waals surface area (Å²) < 4.78 is 15.1. The molecule has 4 nitrogen and oxygen atoms in total. The lowest BCUT2D eigenvalue weighted by molar-refractivity contribution is 0.0696. The highest BCUT2D eigenvalue weighted by atomic mass is 32.2. The number of nitrogens with zero attached hydrogens (tertiary/aromatic N) is 1. The zero-order valence-corrected chi connectivity index (χ0v) is 7.95. The van der Waals surface area contributed by atoms with Gasteiger partial charge < -0.3 is 5.11 Å². The average Bonchev–Trinajstić information content (AvgIpc) is 2.17. The molecule has 72 valence electrons. The van der Waals surface area contributed by atoms with Crippen LogP contribution in [0.1, 0.15) is 15.9 Å². The van der Waals surface area contributed by atoms with Crippen molar-refractivity contribution in [3.63, 3.8) is 0 Å². The number of hydrogen-bond donors (Lipinski definition) is 1. The van der Waals surface area contributed by atoms with Crippen molar-refractivity contribution < 1.29 is 14.1 Å². The third kappa shape index (κ3) is 1.46. The Hall–Kier alpha value is -1.49. The lowest BCUT2D eigenvalue weighted by Crippen LogP contribution is -2.06. The second-order valence-electron chi connectivity index (χ2n) is 2.87. The lowest BCUT2D eigenvalue weighted by atomic mass is 10.1. The zero-order chi connectivity index (χ0) is 10.1. The topological polar surface area (TPSA) is 66.7 Å². The van der Waals surface area contributed by atoms with Gasteiger partial charge in [0.2, 0.25) is 0 Å². The van der Waals surface area contributed by atoms with Crippen LogP contribution >= 0.6 is 0 Å². The van der Waals surface area contributed by atoms with E-state index in [0.717, 1.165) is 5.56 Å². The van der Waals surface area contributed by atoms with Crippen LogP contribution in [0, 0.1) is 0 Å². The molecule has 0 bridgehead atoms. The van der Waals surface area contributed by atoms with Crippen molar-refractivity contribution in [1.29, 1.82) is 0 Å². The smallest absolute Gasteiger partial charge is 0.335 e. The van der Waals surface area contributed by atoms with Gasteiger partial charge in [-0.3, -0.25) is 0 Å². The standard InChI is InChI=1S/C9H7NO3S/c11-9(12)7-1-2-8-6(5-7)3-4-10-14(8)13/h1-2,4-5H,3H2,(H,11,12). The molecule has 0 fully saturated rings. The monoisotopic (exact) mass is 209 g/mol. The second kappa shape index (κ2) is 3.34. The Bertz CT molecular complexity index is 453. The third-order valence-corrected chi connectivity index (χ3v) is 3.09. The van der Waals surface area contributed by atoms with E-state index in [1.807, 2.05) is 0 Å². The molecule has 1 heterocycles. The van der Waals surface area contributed by atoms with Gasteiger partial charge in [-0.25, -0.2) is 9.00 Å². The number of carboxylic acid groups (broad SMARTS) is 1. The molecule has 0 saturated heterocycles. The van der Waals surface area contributed by atoms with E-state index in [1.54, 1.807) is 18.3 Å². The highest BCUT2D eigenvalue weighted by Crippen LogP contribution is 2.20. The normalized spacial score (nSPS) is 19.0. The van der Waals surface area contributed by atoms with Crippen LogP contribution in [0.3, 0.4) is 0 Å². The molecule has 0 saturated carbocycles. The van der Waals surface area contributed by atoms with Crippen LogP contribution in [0.25, 0.3) is 0 Å². The van der Waals surface area contributed by atoms with Crippen molar-refractivity contribution in [2.45, 2.75) is 11.3 Å². The summed E-state index contributed by atoms with van der Waals surface area (Å²) in [5.74, 6) is -0.971.